The zero-order chi connectivity index (χ0) is 20.6. The van der Waals surface area contributed by atoms with Crippen LogP contribution in [0.1, 0.15) is 24.0 Å². The van der Waals surface area contributed by atoms with E-state index in [4.69, 9.17) is 10.5 Å². The molecule has 0 saturated heterocycles. The van der Waals surface area contributed by atoms with Gasteiger partial charge in [0.25, 0.3) is 0 Å². The molecule has 0 spiro atoms. The van der Waals surface area contributed by atoms with E-state index in [9.17, 15) is 0 Å². The van der Waals surface area contributed by atoms with Crippen molar-refractivity contribution in [3.8, 4) is 0 Å². The van der Waals surface area contributed by atoms with Gasteiger partial charge in [-0.15, -0.1) is 0 Å². The maximum absolute atomic E-state index is 6.30. The van der Waals surface area contributed by atoms with Crippen LogP contribution in [0.15, 0.2) is 85.5 Å². The largest absolute Gasteiger partial charge is 0.399 e. The molecule has 3 aromatic carbocycles. The molecule has 4 rings (SSSR count). The van der Waals surface area contributed by atoms with Gasteiger partial charge in [-0.3, -0.25) is 0 Å². The van der Waals surface area contributed by atoms with Crippen LogP contribution in [-0.2, 0) is 24.1 Å². The van der Waals surface area contributed by atoms with Gasteiger partial charge in [0, 0.05) is 31.2 Å². The number of benzene rings is 3. The monoisotopic (exact) mass is 399 g/mol. The van der Waals surface area contributed by atoms with Crippen molar-refractivity contribution in [3.05, 3.63) is 96.6 Å². The highest BCUT2D eigenvalue weighted by atomic mass is 16.5. The molecule has 154 valence electrons. The SMILES string of the molecule is Nc1ccc(CCCOC(CCc2ccc3ccccc3c2)Cn2ccnc2)cc1. The highest BCUT2D eigenvalue weighted by Gasteiger charge is 2.11. The fourth-order valence-corrected chi connectivity index (χ4v) is 3.79. The highest BCUT2D eigenvalue weighted by molar-refractivity contribution is 5.82. The first kappa shape index (κ1) is 20.2. The average Bonchev–Trinajstić information content (AvgIpc) is 3.29. The van der Waals surface area contributed by atoms with Gasteiger partial charge >= 0.3 is 0 Å². The fourth-order valence-electron chi connectivity index (χ4n) is 3.79. The first-order valence-corrected chi connectivity index (χ1v) is 10.7. The Morgan fingerprint density at radius 1 is 0.900 bits per heavy atom. The number of imidazole rings is 1. The molecule has 30 heavy (non-hydrogen) atoms. The van der Waals surface area contributed by atoms with Crippen LogP contribution in [0.4, 0.5) is 5.69 Å². The van der Waals surface area contributed by atoms with Gasteiger partial charge < -0.3 is 15.0 Å². The maximum Gasteiger partial charge on any atom is 0.0946 e. The zero-order valence-corrected chi connectivity index (χ0v) is 17.3. The summed E-state index contributed by atoms with van der Waals surface area (Å²) >= 11 is 0. The van der Waals surface area contributed by atoms with Crippen molar-refractivity contribution in [2.45, 2.75) is 38.3 Å². The third kappa shape index (κ3) is 5.71. The third-order valence-electron chi connectivity index (χ3n) is 5.49. The summed E-state index contributed by atoms with van der Waals surface area (Å²) in [7, 11) is 0. The van der Waals surface area contributed by atoms with E-state index in [1.165, 1.54) is 21.9 Å². The Balaban J connectivity index is 1.32. The molecule has 4 aromatic rings. The Kier molecular flexibility index (Phi) is 6.78. The number of anilines is 1. The molecule has 0 amide bonds. The Labute approximate surface area is 178 Å². The zero-order valence-electron chi connectivity index (χ0n) is 17.3. The van der Waals surface area contributed by atoms with Crippen molar-refractivity contribution in [2.24, 2.45) is 0 Å². The Hall–Kier alpha value is -3.11. The van der Waals surface area contributed by atoms with Crippen LogP contribution in [0, 0.1) is 0 Å². The van der Waals surface area contributed by atoms with E-state index < -0.39 is 0 Å². The molecule has 1 unspecified atom stereocenters. The quantitative estimate of drug-likeness (QED) is 0.292. The molecule has 1 aromatic heterocycles. The van der Waals surface area contributed by atoms with Crippen molar-refractivity contribution >= 4 is 16.5 Å². The number of aryl methyl sites for hydroxylation is 2. The summed E-state index contributed by atoms with van der Waals surface area (Å²) in [5.41, 5.74) is 9.23. The molecule has 1 atom stereocenters. The molecule has 0 radical (unpaired) electrons. The summed E-state index contributed by atoms with van der Waals surface area (Å²) in [6, 6.07) is 23.4. The van der Waals surface area contributed by atoms with Gasteiger partial charge in [-0.25, -0.2) is 4.98 Å². The lowest BCUT2D eigenvalue weighted by molar-refractivity contribution is 0.0347. The molecule has 0 saturated carbocycles. The average molecular weight is 400 g/mol. The van der Waals surface area contributed by atoms with E-state index in [-0.39, 0.29) is 6.10 Å². The minimum Gasteiger partial charge on any atom is -0.399 e. The summed E-state index contributed by atoms with van der Waals surface area (Å²) < 4.78 is 8.40. The second-order valence-electron chi connectivity index (χ2n) is 7.82. The standard InChI is InChI=1S/C26H29N3O/c27-25-12-8-21(9-13-25)4-3-17-30-26(19-29-16-15-28-20-29)14-10-22-7-11-23-5-1-2-6-24(23)18-22/h1-2,5-9,11-13,15-16,18,20,26H,3-4,10,14,17,19,27H2. The minimum absolute atomic E-state index is 0.164. The third-order valence-corrected chi connectivity index (χ3v) is 5.49. The molecule has 0 aliphatic rings. The second-order valence-corrected chi connectivity index (χ2v) is 7.82. The number of rotatable bonds is 10. The van der Waals surface area contributed by atoms with Crippen molar-refractivity contribution in [1.29, 1.82) is 0 Å². The molecule has 0 bridgehead atoms. The van der Waals surface area contributed by atoms with Gasteiger partial charge in [0.2, 0.25) is 0 Å². The van der Waals surface area contributed by atoms with E-state index in [0.29, 0.717) is 0 Å². The van der Waals surface area contributed by atoms with Crippen LogP contribution in [0.5, 0.6) is 0 Å². The molecule has 4 heteroatoms. The first-order valence-electron chi connectivity index (χ1n) is 10.7. The van der Waals surface area contributed by atoms with Crippen LogP contribution in [-0.4, -0.2) is 22.3 Å². The van der Waals surface area contributed by atoms with Crippen LogP contribution in [0.2, 0.25) is 0 Å². The smallest absolute Gasteiger partial charge is 0.0946 e. The first-order chi connectivity index (χ1) is 14.8. The van der Waals surface area contributed by atoms with Crippen LogP contribution >= 0.6 is 0 Å². The summed E-state index contributed by atoms with van der Waals surface area (Å²) in [4.78, 5) is 4.17. The van der Waals surface area contributed by atoms with Gasteiger partial charge in [-0.2, -0.15) is 0 Å². The van der Waals surface area contributed by atoms with Gasteiger partial charge in [0.1, 0.15) is 0 Å². The van der Waals surface area contributed by atoms with E-state index in [0.717, 1.165) is 44.5 Å². The van der Waals surface area contributed by atoms with Crippen LogP contribution in [0.25, 0.3) is 10.8 Å². The lowest BCUT2D eigenvalue weighted by Crippen LogP contribution is -2.21. The molecule has 1 heterocycles. The summed E-state index contributed by atoms with van der Waals surface area (Å²) in [5.74, 6) is 0. The molecule has 4 nitrogen and oxygen atoms in total. The number of aromatic nitrogens is 2. The molecular formula is C26H29N3O. The van der Waals surface area contributed by atoms with Crippen LogP contribution in [0.3, 0.4) is 0 Å². The minimum atomic E-state index is 0.164. The Bertz CT molecular complexity index is 1040. The molecule has 0 aliphatic heterocycles. The summed E-state index contributed by atoms with van der Waals surface area (Å²) in [5, 5.41) is 2.58. The number of hydrogen-bond donors (Lipinski definition) is 1. The number of nitrogens with zero attached hydrogens (tertiary/aromatic N) is 2. The van der Waals surface area contributed by atoms with Crippen molar-refractivity contribution < 1.29 is 4.74 Å². The molecule has 0 fully saturated rings. The van der Waals surface area contributed by atoms with Crippen molar-refractivity contribution in [1.82, 2.24) is 9.55 Å². The predicted octanol–water partition coefficient (Wildman–Crippen LogP) is 5.27. The Morgan fingerprint density at radius 3 is 2.50 bits per heavy atom. The lowest BCUT2D eigenvalue weighted by atomic mass is 10.0. The van der Waals surface area contributed by atoms with E-state index in [1.807, 2.05) is 30.9 Å². The Morgan fingerprint density at radius 2 is 1.70 bits per heavy atom. The molecule has 2 N–H and O–H groups in total. The predicted molar refractivity (Wildman–Crippen MR) is 123 cm³/mol. The number of fused-ring (bicyclic) bond motifs is 1. The van der Waals surface area contributed by atoms with Crippen LogP contribution < -0.4 is 5.73 Å². The lowest BCUT2D eigenvalue weighted by Gasteiger charge is -2.19. The van der Waals surface area contributed by atoms with Crippen molar-refractivity contribution in [2.75, 3.05) is 12.3 Å². The van der Waals surface area contributed by atoms with Gasteiger partial charge in [-0.1, -0.05) is 54.6 Å². The number of nitrogen functional groups attached to an aromatic ring is 1. The molecule has 0 aliphatic carbocycles. The molecular weight excluding hydrogens is 370 g/mol. The van der Waals surface area contributed by atoms with E-state index in [2.05, 4.69) is 64.1 Å². The van der Waals surface area contributed by atoms with E-state index >= 15 is 0 Å². The highest BCUT2D eigenvalue weighted by Crippen LogP contribution is 2.18. The van der Waals surface area contributed by atoms with E-state index in [1.54, 1.807) is 0 Å². The summed E-state index contributed by atoms with van der Waals surface area (Å²) in [6.45, 7) is 1.58. The van der Waals surface area contributed by atoms with Gasteiger partial charge in [0.05, 0.1) is 12.4 Å². The number of nitrogens with two attached hydrogens (primary N) is 1. The van der Waals surface area contributed by atoms with Gasteiger partial charge in [-0.05, 0) is 59.7 Å². The normalized spacial score (nSPS) is 12.3. The second kappa shape index (κ2) is 10.1. The number of hydrogen-bond acceptors (Lipinski definition) is 3. The number of ether oxygens (including phenoxy) is 1. The maximum atomic E-state index is 6.30. The summed E-state index contributed by atoms with van der Waals surface area (Å²) in [6.07, 6.45) is 9.84. The van der Waals surface area contributed by atoms with Gasteiger partial charge in [0.15, 0.2) is 0 Å². The fraction of sp³-hybridized carbons (Fsp3) is 0.269. The topological polar surface area (TPSA) is 53.1 Å². The van der Waals surface area contributed by atoms with Crippen molar-refractivity contribution in [3.63, 3.8) is 0 Å².